The highest BCUT2D eigenvalue weighted by Gasteiger charge is 2.34. The number of halogens is 1. The standard InChI is InChI=1S/C29H32BrN3O4S/c1-6-32-27-8-7-24(38(35,36)31-9-11-37-12-10-31)17-25(27)26(29(32)34)16-22-15-20(4)33(21(22)5)23-13-18(2)28(30)19(3)14-23/h7-8,13-17H,6,9-12H2,1-5H3. The number of ether oxygens (including phenoxy) is 1. The smallest absolute Gasteiger partial charge is 0.258 e. The van der Waals surface area contributed by atoms with Crippen molar-refractivity contribution in [2.75, 3.05) is 37.7 Å². The topological polar surface area (TPSA) is 71.9 Å². The van der Waals surface area contributed by atoms with Crippen LogP contribution in [0.3, 0.4) is 0 Å². The zero-order chi connectivity index (χ0) is 27.4. The minimum absolute atomic E-state index is 0.122. The molecule has 0 radical (unpaired) electrons. The van der Waals surface area contributed by atoms with Crippen molar-refractivity contribution in [3.63, 3.8) is 0 Å². The second-order valence-corrected chi connectivity index (χ2v) is 12.6. The fourth-order valence-corrected chi connectivity index (χ4v) is 7.09. The largest absolute Gasteiger partial charge is 0.379 e. The van der Waals surface area contributed by atoms with Crippen molar-refractivity contribution in [3.8, 4) is 5.69 Å². The lowest BCUT2D eigenvalue weighted by molar-refractivity contribution is -0.112. The summed E-state index contributed by atoms with van der Waals surface area (Å²) in [5.41, 5.74) is 8.24. The Kier molecular flexibility index (Phi) is 7.15. The van der Waals surface area contributed by atoms with Gasteiger partial charge in [0.05, 0.1) is 23.8 Å². The Balaban J connectivity index is 1.61. The van der Waals surface area contributed by atoms with Gasteiger partial charge in [-0.25, -0.2) is 8.42 Å². The summed E-state index contributed by atoms with van der Waals surface area (Å²) in [6.07, 6.45) is 1.90. The van der Waals surface area contributed by atoms with Crippen molar-refractivity contribution < 1.29 is 17.9 Å². The van der Waals surface area contributed by atoms with E-state index in [0.29, 0.717) is 44.0 Å². The van der Waals surface area contributed by atoms with Crippen molar-refractivity contribution in [3.05, 3.63) is 74.5 Å². The number of fused-ring (bicyclic) bond motifs is 1. The molecule has 5 rings (SSSR count). The van der Waals surface area contributed by atoms with Gasteiger partial charge in [0, 0.05) is 52.3 Å². The first-order valence-corrected chi connectivity index (χ1v) is 15.0. The van der Waals surface area contributed by atoms with E-state index < -0.39 is 10.0 Å². The van der Waals surface area contributed by atoms with E-state index in [4.69, 9.17) is 4.74 Å². The minimum Gasteiger partial charge on any atom is -0.379 e. The molecule has 0 atom stereocenters. The molecule has 1 saturated heterocycles. The number of carbonyl (C=O) groups excluding carboxylic acids is 1. The van der Waals surface area contributed by atoms with E-state index in [1.54, 1.807) is 23.1 Å². The van der Waals surface area contributed by atoms with Gasteiger partial charge >= 0.3 is 0 Å². The van der Waals surface area contributed by atoms with E-state index in [1.807, 2.05) is 19.9 Å². The maximum absolute atomic E-state index is 13.5. The minimum atomic E-state index is -3.69. The van der Waals surface area contributed by atoms with Crippen molar-refractivity contribution in [2.24, 2.45) is 0 Å². The molecule has 1 fully saturated rings. The monoisotopic (exact) mass is 597 g/mol. The van der Waals surface area contributed by atoms with Gasteiger partial charge in [0.25, 0.3) is 5.91 Å². The number of aryl methyl sites for hydroxylation is 3. The van der Waals surface area contributed by atoms with Crippen LogP contribution in [0.1, 0.15) is 40.6 Å². The Morgan fingerprint density at radius 1 is 1.00 bits per heavy atom. The summed E-state index contributed by atoms with van der Waals surface area (Å²) >= 11 is 3.65. The number of hydrogen-bond donors (Lipinski definition) is 0. The molecular weight excluding hydrogens is 566 g/mol. The number of likely N-dealkylation sites (N-methyl/N-ethyl adjacent to an activating group) is 1. The molecule has 200 valence electrons. The number of nitrogens with zero attached hydrogens (tertiary/aromatic N) is 3. The molecule has 2 aliphatic heterocycles. The first-order valence-electron chi connectivity index (χ1n) is 12.8. The molecule has 0 spiro atoms. The van der Waals surface area contributed by atoms with E-state index in [2.05, 4.69) is 59.5 Å². The Morgan fingerprint density at radius 2 is 1.66 bits per heavy atom. The first-order chi connectivity index (χ1) is 18.0. The molecule has 0 unspecified atom stereocenters. The van der Waals surface area contributed by atoms with Gasteiger partial charge in [0.1, 0.15) is 0 Å². The van der Waals surface area contributed by atoms with Gasteiger partial charge in [-0.05, 0) is 93.8 Å². The van der Waals surface area contributed by atoms with Crippen molar-refractivity contribution in [1.82, 2.24) is 8.87 Å². The summed E-state index contributed by atoms with van der Waals surface area (Å²) in [6.45, 7) is 12.1. The molecular formula is C29H32BrN3O4S. The van der Waals surface area contributed by atoms with E-state index in [1.165, 1.54) is 4.31 Å². The van der Waals surface area contributed by atoms with Gasteiger partial charge in [-0.3, -0.25) is 4.79 Å². The SMILES string of the molecule is CCN1C(=O)C(=Cc2cc(C)n(-c3cc(C)c(Br)c(C)c3)c2C)c2cc(S(=O)(=O)N3CCOCC3)ccc21. The van der Waals surface area contributed by atoms with Gasteiger partial charge in [-0.1, -0.05) is 15.9 Å². The zero-order valence-corrected chi connectivity index (χ0v) is 24.7. The van der Waals surface area contributed by atoms with Crippen molar-refractivity contribution >= 4 is 49.2 Å². The summed E-state index contributed by atoms with van der Waals surface area (Å²) in [5, 5.41) is 0. The number of rotatable bonds is 5. The summed E-state index contributed by atoms with van der Waals surface area (Å²) in [7, 11) is -3.69. The first kappa shape index (κ1) is 26.9. The van der Waals surface area contributed by atoms with Gasteiger partial charge < -0.3 is 14.2 Å². The van der Waals surface area contributed by atoms with Crippen LogP contribution < -0.4 is 4.90 Å². The summed E-state index contributed by atoms with van der Waals surface area (Å²) in [6, 6.07) is 11.4. The molecule has 1 aromatic heterocycles. The number of sulfonamides is 1. The van der Waals surface area contributed by atoms with Crippen LogP contribution in [0.25, 0.3) is 17.3 Å². The quantitative estimate of drug-likeness (QED) is 0.369. The summed E-state index contributed by atoms with van der Waals surface area (Å²) in [4.78, 5) is 15.4. The fourth-order valence-electron chi connectivity index (χ4n) is 5.42. The van der Waals surface area contributed by atoms with Crippen LogP contribution in [-0.2, 0) is 19.6 Å². The molecule has 38 heavy (non-hydrogen) atoms. The number of benzene rings is 2. The van der Waals surface area contributed by atoms with Crippen molar-refractivity contribution in [1.29, 1.82) is 0 Å². The van der Waals surface area contributed by atoms with Crippen LogP contribution in [-0.4, -0.2) is 56.0 Å². The number of amides is 1. The molecule has 1 amide bonds. The third kappa shape index (κ3) is 4.45. The average Bonchev–Trinajstić information content (AvgIpc) is 3.33. The number of carbonyl (C=O) groups is 1. The Hall–Kier alpha value is -2.72. The van der Waals surface area contributed by atoms with Gasteiger partial charge in [-0.15, -0.1) is 0 Å². The van der Waals surface area contributed by atoms with Crippen molar-refractivity contribution in [2.45, 2.75) is 39.5 Å². The third-order valence-corrected chi connectivity index (χ3v) is 10.5. The normalized spacial score (nSPS) is 17.5. The lowest BCUT2D eigenvalue weighted by Gasteiger charge is -2.26. The maximum atomic E-state index is 13.5. The fraction of sp³-hybridized carbons (Fsp3) is 0.345. The lowest BCUT2D eigenvalue weighted by Crippen LogP contribution is -2.40. The van der Waals surface area contributed by atoms with Crippen LogP contribution in [0.15, 0.2) is 45.8 Å². The lowest BCUT2D eigenvalue weighted by atomic mass is 10.0. The Labute approximate surface area is 232 Å². The average molecular weight is 599 g/mol. The molecule has 0 saturated carbocycles. The molecule has 0 N–H and O–H groups in total. The second kappa shape index (κ2) is 10.1. The maximum Gasteiger partial charge on any atom is 0.258 e. The Morgan fingerprint density at radius 3 is 2.29 bits per heavy atom. The highest BCUT2D eigenvalue weighted by Crippen LogP contribution is 2.40. The van der Waals surface area contributed by atoms with Crippen LogP contribution in [0, 0.1) is 27.7 Å². The predicted octanol–water partition coefficient (Wildman–Crippen LogP) is 5.40. The molecule has 0 bridgehead atoms. The summed E-state index contributed by atoms with van der Waals surface area (Å²) < 4.78 is 36.8. The highest BCUT2D eigenvalue weighted by atomic mass is 79.9. The molecule has 2 aliphatic rings. The van der Waals surface area contributed by atoms with Crippen LogP contribution in [0.4, 0.5) is 5.69 Å². The second-order valence-electron chi connectivity index (χ2n) is 9.86. The molecule has 0 aliphatic carbocycles. The van der Waals surface area contributed by atoms with E-state index in [9.17, 15) is 13.2 Å². The third-order valence-electron chi connectivity index (χ3n) is 7.40. The van der Waals surface area contributed by atoms with E-state index in [-0.39, 0.29) is 10.8 Å². The highest BCUT2D eigenvalue weighted by molar-refractivity contribution is 9.10. The number of hydrogen-bond acceptors (Lipinski definition) is 4. The molecule has 3 heterocycles. The van der Waals surface area contributed by atoms with Gasteiger partial charge in [0.2, 0.25) is 10.0 Å². The summed E-state index contributed by atoms with van der Waals surface area (Å²) in [5.74, 6) is -0.122. The van der Waals surface area contributed by atoms with Crippen LogP contribution in [0.2, 0.25) is 0 Å². The van der Waals surface area contributed by atoms with E-state index in [0.717, 1.165) is 43.9 Å². The zero-order valence-electron chi connectivity index (χ0n) is 22.3. The molecule has 2 aromatic carbocycles. The molecule has 7 nitrogen and oxygen atoms in total. The predicted molar refractivity (Wildman–Crippen MR) is 154 cm³/mol. The van der Waals surface area contributed by atoms with E-state index >= 15 is 0 Å². The number of anilines is 1. The van der Waals surface area contributed by atoms with Gasteiger partial charge in [0.15, 0.2) is 0 Å². The molecule has 9 heteroatoms. The Bertz CT molecular complexity index is 1560. The number of morpholine rings is 1. The van der Waals surface area contributed by atoms with Gasteiger partial charge in [-0.2, -0.15) is 4.31 Å². The van der Waals surface area contributed by atoms with Crippen LogP contribution >= 0.6 is 15.9 Å². The molecule has 3 aromatic rings. The van der Waals surface area contributed by atoms with Crippen LogP contribution in [0.5, 0.6) is 0 Å². The number of aromatic nitrogens is 1.